The van der Waals surface area contributed by atoms with Gasteiger partial charge >= 0.3 is 5.69 Å². The van der Waals surface area contributed by atoms with Crippen LogP contribution in [0.4, 0.5) is 5.69 Å². The molecule has 0 unspecified atom stereocenters. The van der Waals surface area contributed by atoms with Gasteiger partial charge in [0.2, 0.25) is 0 Å². The molecule has 0 atom stereocenters. The Morgan fingerprint density at radius 3 is 2.47 bits per heavy atom. The Morgan fingerprint density at radius 2 is 1.77 bits per heavy atom. The summed E-state index contributed by atoms with van der Waals surface area (Å²) in [4.78, 5) is 16.3. The molecule has 0 saturated heterocycles. The van der Waals surface area contributed by atoms with Crippen molar-refractivity contribution in [3.05, 3.63) is 82.7 Å². The largest absolute Gasteiger partial charge is 0.382 e. The normalized spacial score (nSPS) is 11.7. The van der Waals surface area contributed by atoms with E-state index in [2.05, 4.69) is 71.6 Å². The van der Waals surface area contributed by atoms with E-state index in [1.807, 2.05) is 30.7 Å². The molecule has 2 N–H and O–H groups in total. The zero-order valence-corrected chi connectivity index (χ0v) is 17.6. The van der Waals surface area contributed by atoms with Crippen molar-refractivity contribution in [1.29, 1.82) is 0 Å². The number of aryl methyl sites for hydroxylation is 1. The first-order chi connectivity index (χ1) is 14.4. The Bertz CT molecular complexity index is 1180. The second-order valence-electron chi connectivity index (χ2n) is 8.58. The summed E-state index contributed by atoms with van der Waals surface area (Å²) in [6, 6.07) is 14.7. The molecule has 0 spiro atoms. The van der Waals surface area contributed by atoms with Crippen LogP contribution in [-0.4, -0.2) is 26.1 Å². The SMILES string of the molecule is CC(C)(C)c1ccc(-c2cc(NCCCc3ccncc3)c3n[nH]c(=O)n3c2)cc1. The van der Waals surface area contributed by atoms with Crippen molar-refractivity contribution in [3.63, 3.8) is 0 Å². The van der Waals surface area contributed by atoms with Crippen molar-refractivity contribution in [2.45, 2.75) is 39.0 Å². The Morgan fingerprint density at radius 1 is 1.03 bits per heavy atom. The molecule has 0 saturated carbocycles. The second-order valence-corrected chi connectivity index (χ2v) is 8.58. The lowest BCUT2D eigenvalue weighted by Crippen LogP contribution is -2.11. The average Bonchev–Trinajstić information content (AvgIpc) is 3.12. The average molecular weight is 402 g/mol. The lowest BCUT2D eigenvalue weighted by Gasteiger charge is -2.19. The van der Waals surface area contributed by atoms with Gasteiger partial charge in [-0.25, -0.2) is 14.3 Å². The summed E-state index contributed by atoms with van der Waals surface area (Å²) in [6.07, 6.45) is 7.41. The number of nitrogens with one attached hydrogen (secondary N) is 2. The number of H-pyrrole nitrogens is 1. The smallest absolute Gasteiger partial charge is 0.347 e. The van der Waals surface area contributed by atoms with Crippen LogP contribution in [0.15, 0.2) is 65.8 Å². The summed E-state index contributed by atoms with van der Waals surface area (Å²) < 4.78 is 1.57. The van der Waals surface area contributed by atoms with E-state index in [9.17, 15) is 4.79 Å². The quantitative estimate of drug-likeness (QED) is 0.469. The van der Waals surface area contributed by atoms with Gasteiger partial charge in [-0.05, 0) is 53.1 Å². The highest BCUT2D eigenvalue weighted by molar-refractivity contribution is 5.76. The molecule has 6 heteroatoms. The Kier molecular flexibility index (Phi) is 5.40. The Labute approximate surface area is 176 Å². The first-order valence-corrected chi connectivity index (χ1v) is 10.3. The van der Waals surface area contributed by atoms with Gasteiger partial charge in [0.25, 0.3) is 0 Å². The van der Waals surface area contributed by atoms with Crippen LogP contribution >= 0.6 is 0 Å². The van der Waals surface area contributed by atoms with Crippen LogP contribution in [0.2, 0.25) is 0 Å². The summed E-state index contributed by atoms with van der Waals surface area (Å²) in [6.45, 7) is 7.39. The van der Waals surface area contributed by atoms with Crippen LogP contribution in [0.25, 0.3) is 16.8 Å². The minimum atomic E-state index is -0.238. The predicted octanol–water partition coefficient (Wildman–Crippen LogP) is 4.43. The highest BCUT2D eigenvalue weighted by atomic mass is 16.1. The number of hydrogen-bond acceptors (Lipinski definition) is 4. The predicted molar refractivity (Wildman–Crippen MR) is 121 cm³/mol. The van der Waals surface area contributed by atoms with E-state index in [1.54, 1.807) is 4.40 Å². The van der Waals surface area contributed by atoms with Crippen molar-refractivity contribution >= 4 is 11.3 Å². The molecule has 0 radical (unpaired) electrons. The topological polar surface area (TPSA) is 75.1 Å². The molecule has 6 nitrogen and oxygen atoms in total. The van der Waals surface area contributed by atoms with Gasteiger partial charge in [-0.3, -0.25) is 4.98 Å². The number of benzene rings is 1. The van der Waals surface area contributed by atoms with Crippen LogP contribution in [0.1, 0.15) is 38.3 Å². The molecule has 4 rings (SSSR count). The molecule has 30 heavy (non-hydrogen) atoms. The molecule has 3 heterocycles. The van der Waals surface area contributed by atoms with Crippen molar-refractivity contribution < 1.29 is 0 Å². The van der Waals surface area contributed by atoms with E-state index in [1.165, 1.54) is 11.1 Å². The molecule has 154 valence electrons. The molecular formula is C24H27N5O. The fourth-order valence-electron chi connectivity index (χ4n) is 3.53. The summed E-state index contributed by atoms with van der Waals surface area (Å²) in [5, 5.41) is 10.2. The molecule has 0 aliphatic rings. The number of rotatable bonds is 6. The lowest BCUT2D eigenvalue weighted by atomic mass is 9.86. The van der Waals surface area contributed by atoms with Crippen LogP contribution in [0, 0.1) is 0 Å². The Hall–Kier alpha value is -3.41. The van der Waals surface area contributed by atoms with E-state index in [0.717, 1.165) is 36.2 Å². The number of fused-ring (bicyclic) bond motifs is 1. The number of aromatic nitrogens is 4. The van der Waals surface area contributed by atoms with Gasteiger partial charge in [0.15, 0.2) is 5.65 Å². The molecule has 1 aromatic carbocycles. The van der Waals surface area contributed by atoms with Crippen molar-refractivity contribution in [3.8, 4) is 11.1 Å². The third-order valence-corrected chi connectivity index (χ3v) is 5.30. The molecule has 4 aromatic rings. The summed E-state index contributed by atoms with van der Waals surface area (Å²) in [5.74, 6) is 0. The molecule has 0 aliphatic carbocycles. The van der Waals surface area contributed by atoms with E-state index >= 15 is 0 Å². The fourth-order valence-corrected chi connectivity index (χ4v) is 3.53. The third-order valence-electron chi connectivity index (χ3n) is 5.30. The van der Waals surface area contributed by atoms with E-state index in [-0.39, 0.29) is 11.1 Å². The minimum Gasteiger partial charge on any atom is -0.382 e. The maximum Gasteiger partial charge on any atom is 0.347 e. The third kappa shape index (κ3) is 4.27. The van der Waals surface area contributed by atoms with Crippen LogP contribution < -0.4 is 11.0 Å². The van der Waals surface area contributed by atoms with Crippen molar-refractivity contribution in [2.24, 2.45) is 0 Å². The zero-order valence-electron chi connectivity index (χ0n) is 17.6. The van der Waals surface area contributed by atoms with Crippen molar-refractivity contribution in [2.75, 3.05) is 11.9 Å². The number of pyridine rings is 2. The number of hydrogen-bond donors (Lipinski definition) is 2. The first-order valence-electron chi connectivity index (χ1n) is 10.3. The maximum absolute atomic E-state index is 12.2. The lowest BCUT2D eigenvalue weighted by molar-refractivity contribution is 0.590. The fraction of sp³-hybridized carbons (Fsp3) is 0.292. The van der Waals surface area contributed by atoms with Crippen LogP contribution in [0.3, 0.4) is 0 Å². The Balaban J connectivity index is 1.57. The summed E-state index contributed by atoms with van der Waals surface area (Å²) >= 11 is 0. The van der Waals surface area contributed by atoms with Gasteiger partial charge in [-0.1, -0.05) is 45.0 Å². The van der Waals surface area contributed by atoms with Gasteiger partial charge in [-0.15, -0.1) is 0 Å². The van der Waals surface area contributed by atoms with Crippen LogP contribution in [0.5, 0.6) is 0 Å². The molecule has 0 aliphatic heterocycles. The molecule has 3 aromatic heterocycles. The number of nitrogens with zero attached hydrogens (tertiary/aromatic N) is 3. The first kappa shape index (κ1) is 19.9. The van der Waals surface area contributed by atoms with Gasteiger partial charge in [-0.2, -0.15) is 5.10 Å². The van der Waals surface area contributed by atoms with Gasteiger partial charge in [0, 0.05) is 30.7 Å². The van der Waals surface area contributed by atoms with Gasteiger partial charge < -0.3 is 5.32 Å². The standard InChI is InChI=1S/C24H27N5O/c1-24(2,3)20-8-6-18(7-9-20)19-15-21(22-27-28-23(30)29(22)16-19)26-12-4-5-17-10-13-25-14-11-17/h6-11,13-16,26H,4-5,12H2,1-3H3,(H,28,30). The van der Waals surface area contributed by atoms with E-state index in [4.69, 9.17) is 0 Å². The van der Waals surface area contributed by atoms with E-state index in [0.29, 0.717) is 5.65 Å². The molecule has 0 amide bonds. The van der Waals surface area contributed by atoms with Gasteiger partial charge in [0.05, 0.1) is 5.69 Å². The van der Waals surface area contributed by atoms with E-state index < -0.39 is 0 Å². The maximum atomic E-state index is 12.2. The highest BCUT2D eigenvalue weighted by Gasteiger charge is 2.14. The minimum absolute atomic E-state index is 0.103. The van der Waals surface area contributed by atoms with Crippen LogP contribution in [-0.2, 0) is 11.8 Å². The zero-order chi connectivity index (χ0) is 21.1. The summed E-state index contributed by atoms with van der Waals surface area (Å²) in [7, 11) is 0. The van der Waals surface area contributed by atoms with Gasteiger partial charge in [0.1, 0.15) is 0 Å². The number of anilines is 1. The second kappa shape index (κ2) is 8.14. The summed E-state index contributed by atoms with van der Waals surface area (Å²) in [5.41, 5.74) is 5.91. The van der Waals surface area contributed by atoms with Crippen molar-refractivity contribution in [1.82, 2.24) is 19.6 Å². The monoisotopic (exact) mass is 401 g/mol. The highest BCUT2D eigenvalue weighted by Crippen LogP contribution is 2.28. The number of aromatic amines is 1. The molecular weight excluding hydrogens is 374 g/mol. The molecule has 0 bridgehead atoms. The molecule has 0 fully saturated rings.